The van der Waals surface area contributed by atoms with Crippen LogP contribution < -0.4 is 15.4 Å². The normalized spacial score (nSPS) is 17.7. The van der Waals surface area contributed by atoms with Gasteiger partial charge < -0.3 is 15.4 Å². The number of hydrogen-bond donors (Lipinski definition) is 1. The number of rotatable bonds is 7. The highest BCUT2D eigenvalue weighted by Crippen LogP contribution is 2.35. The summed E-state index contributed by atoms with van der Waals surface area (Å²) in [7, 11) is 0. The molecule has 1 heterocycles. The third kappa shape index (κ3) is 4.31. The molecule has 2 atom stereocenters. The van der Waals surface area contributed by atoms with E-state index in [1.165, 1.54) is 4.90 Å². The van der Waals surface area contributed by atoms with E-state index in [0.717, 1.165) is 18.4 Å². The first-order valence-corrected chi connectivity index (χ1v) is 9.04. The van der Waals surface area contributed by atoms with Gasteiger partial charge in [0.1, 0.15) is 12.3 Å². The van der Waals surface area contributed by atoms with Gasteiger partial charge in [0.25, 0.3) is 5.91 Å². The molecule has 0 saturated carbocycles. The molecule has 1 aromatic rings. The number of nitrogens with zero attached hydrogens (tertiary/aromatic N) is 2. The van der Waals surface area contributed by atoms with Crippen molar-refractivity contribution in [2.45, 2.75) is 52.7 Å². The molecule has 25 heavy (non-hydrogen) atoms. The van der Waals surface area contributed by atoms with Crippen molar-refractivity contribution in [1.29, 1.82) is 0 Å². The van der Waals surface area contributed by atoms with E-state index in [4.69, 9.17) is 10.5 Å². The molecule has 2 N–H and O–H groups in total. The minimum atomic E-state index is -0.604. The fourth-order valence-electron chi connectivity index (χ4n) is 3.01. The highest BCUT2D eigenvalue weighted by molar-refractivity contribution is 6.03. The van der Waals surface area contributed by atoms with Crippen LogP contribution in [0.15, 0.2) is 18.2 Å². The number of fused-ring (bicyclic) bond motifs is 1. The average molecular weight is 347 g/mol. The van der Waals surface area contributed by atoms with E-state index in [1.807, 2.05) is 43.9 Å². The van der Waals surface area contributed by atoms with Crippen molar-refractivity contribution >= 4 is 17.5 Å². The Kier molecular flexibility index (Phi) is 6.42. The number of amides is 2. The first-order chi connectivity index (χ1) is 11.9. The zero-order valence-corrected chi connectivity index (χ0v) is 15.6. The van der Waals surface area contributed by atoms with Crippen LogP contribution in [0.2, 0.25) is 0 Å². The van der Waals surface area contributed by atoms with E-state index in [1.54, 1.807) is 6.92 Å². The molecule has 1 aromatic carbocycles. The van der Waals surface area contributed by atoms with Gasteiger partial charge in [-0.3, -0.25) is 14.5 Å². The smallest absolute Gasteiger partial charge is 0.268 e. The van der Waals surface area contributed by atoms with Crippen molar-refractivity contribution in [2.75, 3.05) is 24.5 Å². The van der Waals surface area contributed by atoms with E-state index in [9.17, 15) is 9.59 Å². The topological polar surface area (TPSA) is 75.9 Å². The van der Waals surface area contributed by atoms with Crippen molar-refractivity contribution < 1.29 is 14.3 Å². The third-order valence-corrected chi connectivity index (χ3v) is 4.35. The maximum atomic E-state index is 12.7. The summed E-state index contributed by atoms with van der Waals surface area (Å²) in [5, 5.41) is 0. The van der Waals surface area contributed by atoms with Crippen LogP contribution in [0, 0.1) is 0 Å². The number of ether oxygens (including phenoxy) is 1. The third-order valence-electron chi connectivity index (χ3n) is 4.35. The molecule has 0 saturated heterocycles. The highest BCUT2D eigenvalue weighted by Gasteiger charge is 2.33. The lowest BCUT2D eigenvalue weighted by molar-refractivity contribution is -0.133. The number of nitrogens with two attached hydrogens (primary N) is 1. The number of carbonyl (C=O) groups is 2. The summed E-state index contributed by atoms with van der Waals surface area (Å²) in [6, 6.07) is 5.41. The van der Waals surface area contributed by atoms with Gasteiger partial charge in [0.2, 0.25) is 5.91 Å². The Hall–Kier alpha value is -2.08. The van der Waals surface area contributed by atoms with Crippen LogP contribution in [0.1, 0.15) is 52.1 Å². The quantitative estimate of drug-likeness (QED) is 0.822. The number of carbonyl (C=O) groups excluding carboxylic acids is 2. The van der Waals surface area contributed by atoms with Crippen LogP contribution in [0.3, 0.4) is 0 Å². The van der Waals surface area contributed by atoms with E-state index < -0.39 is 6.10 Å². The first kappa shape index (κ1) is 19.2. The van der Waals surface area contributed by atoms with Gasteiger partial charge >= 0.3 is 0 Å². The van der Waals surface area contributed by atoms with E-state index >= 15 is 0 Å². The second kappa shape index (κ2) is 8.34. The molecule has 6 heteroatoms. The lowest BCUT2D eigenvalue weighted by Gasteiger charge is -2.34. The summed E-state index contributed by atoms with van der Waals surface area (Å²) in [6.45, 7) is 9.11. The molecule has 0 fully saturated rings. The molecule has 2 rings (SSSR count). The van der Waals surface area contributed by atoms with Gasteiger partial charge in [0.15, 0.2) is 6.10 Å². The molecular formula is C19H29N3O3. The Morgan fingerprint density at radius 2 is 1.96 bits per heavy atom. The second-order valence-electron chi connectivity index (χ2n) is 6.58. The van der Waals surface area contributed by atoms with Gasteiger partial charge in [0.05, 0.1) is 5.69 Å². The van der Waals surface area contributed by atoms with Crippen molar-refractivity contribution in [3.63, 3.8) is 0 Å². The van der Waals surface area contributed by atoms with Crippen LogP contribution in [-0.2, 0) is 9.59 Å². The summed E-state index contributed by atoms with van der Waals surface area (Å²) in [6.07, 6.45) is 1.18. The zero-order chi connectivity index (χ0) is 18.6. The van der Waals surface area contributed by atoms with Crippen molar-refractivity contribution in [3.05, 3.63) is 23.8 Å². The molecular weight excluding hydrogens is 318 g/mol. The SMILES string of the molecule is CCCN(CCC)C(=O)CN1C(=O)C(C)Oc2ccc(C(C)N)cc21. The Morgan fingerprint density at radius 3 is 2.52 bits per heavy atom. The molecule has 1 aliphatic heterocycles. The predicted molar refractivity (Wildman–Crippen MR) is 98.6 cm³/mol. The lowest BCUT2D eigenvalue weighted by atomic mass is 10.1. The van der Waals surface area contributed by atoms with Gasteiger partial charge in [-0.2, -0.15) is 0 Å². The predicted octanol–water partition coefficient (Wildman–Crippen LogP) is 2.47. The fraction of sp³-hybridized carbons (Fsp3) is 0.579. The Balaban J connectivity index is 2.31. The molecule has 6 nitrogen and oxygen atoms in total. The largest absolute Gasteiger partial charge is 0.479 e. The summed E-state index contributed by atoms with van der Waals surface area (Å²) in [5.74, 6) is 0.376. The van der Waals surface area contributed by atoms with Crippen LogP contribution in [0.25, 0.3) is 0 Å². The molecule has 0 aromatic heterocycles. The standard InChI is InChI=1S/C19H29N3O3/c1-5-9-21(10-6-2)18(23)12-22-16-11-15(13(3)20)7-8-17(16)25-14(4)19(22)24/h7-8,11,13-14H,5-6,9-10,12,20H2,1-4H3. The molecule has 2 unspecified atom stereocenters. The Morgan fingerprint density at radius 1 is 1.32 bits per heavy atom. The first-order valence-electron chi connectivity index (χ1n) is 9.04. The highest BCUT2D eigenvalue weighted by atomic mass is 16.5. The molecule has 1 aliphatic rings. The van der Waals surface area contributed by atoms with Crippen LogP contribution in [0.5, 0.6) is 5.75 Å². The zero-order valence-electron chi connectivity index (χ0n) is 15.6. The fourth-order valence-corrected chi connectivity index (χ4v) is 3.01. The maximum Gasteiger partial charge on any atom is 0.268 e. The van der Waals surface area contributed by atoms with Gasteiger partial charge in [-0.05, 0) is 44.4 Å². The summed E-state index contributed by atoms with van der Waals surface area (Å²) in [5.41, 5.74) is 7.49. The number of hydrogen-bond acceptors (Lipinski definition) is 4. The van der Waals surface area contributed by atoms with E-state index in [0.29, 0.717) is 24.5 Å². The lowest BCUT2D eigenvalue weighted by Crippen LogP contribution is -2.49. The Bertz CT molecular complexity index is 624. The number of benzene rings is 1. The average Bonchev–Trinajstić information content (AvgIpc) is 2.58. The van der Waals surface area contributed by atoms with E-state index in [-0.39, 0.29) is 24.4 Å². The molecule has 0 spiro atoms. The Labute approximate surface area is 149 Å². The van der Waals surface area contributed by atoms with Gasteiger partial charge in [0, 0.05) is 19.1 Å². The molecule has 0 bridgehead atoms. The van der Waals surface area contributed by atoms with Crippen LogP contribution in [0.4, 0.5) is 5.69 Å². The van der Waals surface area contributed by atoms with Gasteiger partial charge in [-0.15, -0.1) is 0 Å². The molecule has 0 aliphatic carbocycles. The summed E-state index contributed by atoms with van der Waals surface area (Å²) in [4.78, 5) is 28.7. The van der Waals surface area contributed by atoms with E-state index in [2.05, 4.69) is 0 Å². The summed E-state index contributed by atoms with van der Waals surface area (Å²) < 4.78 is 5.69. The molecule has 0 radical (unpaired) electrons. The van der Waals surface area contributed by atoms with Crippen molar-refractivity contribution in [1.82, 2.24) is 4.90 Å². The van der Waals surface area contributed by atoms with Crippen LogP contribution >= 0.6 is 0 Å². The second-order valence-corrected chi connectivity index (χ2v) is 6.58. The minimum Gasteiger partial charge on any atom is -0.479 e. The molecule has 2 amide bonds. The number of anilines is 1. The van der Waals surface area contributed by atoms with Crippen molar-refractivity contribution in [2.24, 2.45) is 5.73 Å². The summed E-state index contributed by atoms with van der Waals surface area (Å²) >= 11 is 0. The maximum absolute atomic E-state index is 12.7. The van der Waals surface area contributed by atoms with Gasteiger partial charge in [-0.25, -0.2) is 0 Å². The van der Waals surface area contributed by atoms with Crippen LogP contribution in [-0.4, -0.2) is 42.5 Å². The van der Waals surface area contributed by atoms with Gasteiger partial charge in [-0.1, -0.05) is 19.9 Å². The molecule has 138 valence electrons. The van der Waals surface area contributed by atoms with Crippen molar-refractivity contribution in [3.8, 4) is 5.75 Å². The minimum absolute atomic E-state index is 0.0297. The monoisotopic (exact) mass is 347 g/mol.